The minimum Gasteiger partial charge on any atom is -0.489 e. The van der Waals surface area contributed by atoms with E-state index >= 15 is 0 Å². The van der Waals surface area contributed by atoms with E-state index in [0.717, 1.165) is 5.56 Å². The number of para-hydroxylation sites is 1. The fourth-order valence-corrected chi connectivity index (χ4v) is 4.53. The Morgan fingerprint density at radius 3 is 2.11 bits per heavy atom. The first kappa shape index (κ1) is 24.8. The Balaban J connectivity index is 1.28. The lowest BCUT2D eigenvalue weighted by Gasteiger charge is -2.13. The van der Waals surface area contributed by atoms with Crippen molar-refractivity contribution in [1.29, 1.82) is 0 Å². The topological polar surface area (TPSA) is 93.7 Å². The van der Waals surface area contributed by atoms with E-state index in [1.165, 1.54) is 12.1 Å². The maximum absolute atomic E-state index is 12.6. The first-order valence-electron chi connectivity index (χ1n) is 11.3. The van der Waals surface area contributed by atoms with Gasteiger partial charge in [0.15, 0.2) is 6.61 Å². The van der Waals surface area contributed by atoms with Crippen molar-refractivity contribution >= 4 is 27.3 Å². The molecule has 0 unspecified atom stereocenters. The molecule has 0 aliphatic heterocycles. The molecule has 8 heteroatoms. The standard InChI is InChI=1S/C28H26N2O5S/c1-21-18-26(36(32,33)30-24-10-6-3-7-11-24)16-17-27(21)35-20-28(31)29-23-12-14-25(15-13-23)34-19-22-8-4-2-5-9-22/h2-18,30H,19-20H2,1H3,(H,29,31). The largest absolute Gasteiger partial charge is 0.489 e. The van der Waals surface area contributed by atoms with Crippen LogP contribution in [0.3, 0.4) is 0 Å². The summed E-state index contributed by atoms with van der Waals surface area (Å²) in [5, 5.41) is 2.77. The molecule has 0 heterocycles. The SMILES string of the molecule is Cc1cc(S(=O)(=O)Nc2ccccc2)ccc1OCC(=O)Nc1ccc(OCc2ccccc2)cc1. The molecule has 0 radical (unpaired) electrons. The maximum Gasteiger partial charge on any atom is 0.262 e. The number of aryl methyl sites for hydroxylation is 1. The summed E-state index contributed by atoms with van der Waals surface area (Å²) in [7, 11) is -3.74. The van der Waals surface area contributed by atoms with Crippen LogP contribution in [0.4, 0.5) is 11.4 Å². The fraction of sp³-hybridized carbons (Fsp3) is 0.107. The van der Waals surface area contributed by atoms with Crippen LogP contribution in [-0.2, 0) is 21.4 Å². The van der Waals surface area contributed by atoms with Crippen LogP contribution in [0, 0.1) is 6.92 Å². The van der Waals surface area contributed by atoms with E-state index in [1.807, 2.05) is 30.3 Å². The summed E-state index contributed by atoms with van der Waals surface area (Å²) in [6, 6.07) is 30.1. The van der Waals surface area contributed by atoms with Crippen LogP contribution in [0.2, 0.25) is 0 Å². The predicted octanol–water partition coefficient (Wildman–Crippen LogP) is 5.39. The third-order valence-electron chi connectivity index (χ3n) is 5.23. The normalized spacial score (nSPS) is 10.9. The molecule has 4 aromatic carbocycles. The van der Waals surface area contributed by atoms with Gasteiger partial charge < -0.3 is 14.8 Å². The van der Waals surface area contributed by atoms with Gasteiger partial charge in [0, 0.05) is 11.4 Å². The summed E-state index contributed by atoms with van der Waals surface area (Å²) in [6.07, 6.45) is 0. The average molecular weight is 503 g/mol. The molecule has 0 atom stereocenters. The van der Waals surface area contributed by atoms with Crippen LogP contribution in [-0.4, -0.2) is 20.9 Å². The number of anilines is 2. The van der Waals surface area contributed by atoms with Gasteiger partial charge in [0.05, 0.1) is 4.90 Å². The van der Waals surface area contributed by atoms with Crippen LogP contribution < -0.4 is 19.5 Å². The molecule has 0 bridgehead atoms. The molecule has 0 saturated carbocycles. The number of hydrogen-bond donors (Lipinski definition) is 2. The quantitative estimate of drug-likeness (QED) is 0.303. The van der Waals surface area contributed by atoms with Gasteiger partial charge in [-0.15, -0.1) is 0 Å². The highest BCUT2D eigenvalue weighted by Gasteiger charge is 2.16. The molecular formula is C28H26N2O5S. The molecule has 4 rings (SSSR count). The Kier molecular flexibility index (Phi) is 7.87. The van der Waals surface area contributed by atoms with Crippen LogP contribution in [0.25, 0.3) is 0 Å². The zero-order valence-corrected chi connectivity index (χ0v) is 20.5. The lowest BCUT2D eigenvalue weighted by molar-refractivity contribution is -0.118. The van der Waals surface area contributed by atoms with Crippen molar-refractivity contribution in [1.82, 2.24) is 0 Å². The molecule has 0 fully saturated rings. The third-order valence-corrected chi connectivity index (χ3v) is 6.61. The highest BCUT2D eigenvalue weighted by molar-refractivity contribution is 7.92. The van der Waals surface area contributed by atoms with Crippen LogP contribution in [0.5, 0.6) is 11.5 Å². The highest BCUT2D eigenvalue weighted by Crippen LogP contribution is 2.24. The zero-order valence-electron chi connectivity index (χ0n) is 19.7. The molecule has 4 aromatic rings. The second kappa shape index (κ2) is 11.4. The molecular weight excluding hydrogens is 476 g/mol. The molecule has 0 aliphatic carbocycles. The van der Waals surface area contributed by atoms with Gasteiger partial charge in [-0.2, -0.15) is 0 Å². The molecule has 184 valence electrons. The fourth-order valence-electron chi connectivity index (χ4n) is 3.39. The van der Waals surface area contributed by atoms with Gasteiger partial charge in [0.25, 0.3) is 15.9 Å². The van der Waals surface area contributed by atoms with Crippen LogP contribution in [0.1, 0.15) is 11.1 Å². The summed E-state index contributed by atoms with van der Waals surface area (Å²) >= 11 is 0. The van der Waals surface area contributed by atoms with E-state index < -0.39 is 10.0 Å². The Bertz CT molecular complexity index is 1410. The maximum atomic E-state index is 12.6. The van der Waals surface area contributed by atoms with E-state index in [-0.39, 0.29) is 17.4 Å². The van der Waals surface area contributed by atoms with Crippen molar-refractivity contribution in [2.75, 3.05) is 16.6 Å². The van der Waals surface area contributed by atoms with Crippen molar-refractivity contribution in [2.24, 2.45) is 0 Å². The molecule has 7 nitrogen and oxygen atoms in total. The molecule has 1 amide bonds. The van der Waals surface area contributed by atoms with E-state index in [4.69, 9.17) is 9.47 Å². The van der Waals surface area contributed by atoms with Gasteiger partial charge in [-0.3, -0.25) is 9.52 Å². The number of sulfonamides is 1. The van der Waals surface area contributed by atoms with E-state index in [1.54, 1.807) is 67.6 Å². The number of amides is 1. The number of rotatable bonds is 10. The Morgan fingerprint density at radius 1 is 0.778 bits per heavy atom. The smallest absolute Gasteiger partial charge is 0.262 e. The first-order chi connectivity index (χ1) is 17.4. The molecule has 0 aliphatic rings. The van der Waals surface area contributed by atoms with Crippen LogP contribution in [0.15, 0.2) is 108 Å². The van der Waals surface area contributed by atoms with Crippen molar-refractivity contribution in [3.8, 4) is 11.5 Å². The number of ether oxygens (including phenoxy) is 2. The van der Waals surface area contributed by atoms with E-state index in [9.17, 15) is 13.2 Å². The number of hydrogen-bond acceptors (Lipinski definition) is 5. The first-order valence-corrected chi connectivity index (χ1v) is 12.8. The van der Waals surface area contributed by atoms with Crippen molar-refractivity contribution in [2.45, 2.75) is 18.4 Å². The van der Waals surface area contributed by atoms with Crippen molar-refractivity contribution in [3.05, 3.63) is 114 Å². The Hall–Kier alpha value is -4.30. The zero-order chi connectivity index (χ0) is 25.4. The highest BCUT2D eigenvalue weighted by atomic mass is 32.2. The van der Waals surface area contributed by atoms with Gasteiger partial charge in [0.1, 0.15) is 18.1 Å². The number of carbonyl (C=O) groups is 1. The Labute approximate surface area is 210 Å². The van der Waals surface area contributed by atoms with Gasteiger partial charge in [0.2, 0.25) is 0 Å². The predicted molar refractivity (Wildman–Crippen MR) is 140 cm³/mol. The molecule has 0 aromatic heterocycles. The molecule has 0 saturated heterocycles. The van der Waals surface area contributed by atoms with Crippen molar-refractivity contribution in [3.63, 3.8) is 0 Å². The minimum absolute atomic E-state index is 0.107. The van der Waals surface area contributed by atoms with Gasteiger partial charge in [-0.05, 0) is 72.6 Å². The monoisotopic (exact) mass is 502 g/mol. The summed E-state index contributed by atoms with van der Waals surface area (Å²) in [4.78, 5) is 12.5. The van der Waals surface area contributed by atoms with E-state index in [0.29, 0.717) is 35.0 Å². The van der Waals surface area contributed by atoms with E-state index in [2.05, 4.69) is 10.0 Å². The van der Waals surface area contributed by atoms with Crippen molar-refractivity contribution < 1.29 is 22.7 Å². The minimum atomic E-state index is -3.74. The lowest BCUT2D eigenvalue weighted by Crippen LogP contribution is -2.20. The summed E-state index contributed by atoms with van der Waals surface area (Å²) in [6.45, 7) is 1.96. The molecule has 2 N–H and O–H groups in total. The lowest BCUT2D eigenvalue weighted by atomic mass is 10.2. The summed E-state index contributed by atoms with van der Waals surface area (Å²) < 4.78 is 39.2. The summed E-state index contributed by atoms with van der Waals surface area (Å²) in [5.74, 6) is 0.781. The summed E-state index contributed by atoms with van der Waals surface area (Å²) in [5.41, 5.74) is 2.75. The average Bonchev–Trinajstić information content (AvgIpc) is 2.88. The Morgan fingerprint density at radius 2 is 1.44 bits per heavy atom. The molecule has 36 heavy (non-hydrogen) atoms. The second-order valence-corrected chi connectivity index (χ2v) is 9.72. The van der Waals surface area contributed by atoms with Gasteiger partial charge in [-0.1, -0.05) is 48.5 Å². The molecule has 0 spiro atoms. The number of nitrogens with one attached hydrogen (secondary N) is 2. The van der Waals surface area contributed by atoms with Gasteiger partial charge in [-0.25, -0.2) is 8.42 Å². The number of benzene rings is 4. The van der Waals surface area contributed by atoms with Crippen LogP contribution >= 0.6 is 0 Å². The third kappa shape index (κ3) is 6.86. The second-order valence-electron chi connectivity index (χ2n) is 8.03. The number of carbonyl (C=O) groups excluding carboxylic acids is 1. The van der Waals surface area contributed by atoms with Gasteiger partial charge >= 0.3 is 0 Å².